The highest BCUT2D eigenvalue weighted by Crippen LogP contribution is 2.30. The first-order valence-corrected chi connectivity index (χ1v) is 8.31. The predicted molar refractivity (Wildman–Crippen MR) is 95.5 cm³/mol. The number of fused-ring (bicyclic) bond motifs is 1. The molecule has 1 fully saturated rings. The zero-order valence-electron chi connectivity index (χ0n) is 14.6. The number of hydrogen-bond donors (Lipinski definition) is 1. The van der Waals surface area contributed by atoms with Crippen LogP contribution in [0.4, 0.5) is 0 Å². The fourth-order valence-corrected chi connectivity index (χ4v) is 3.37. The van der Waals surface area contributed by atoms with E-state index in [1.54, 1.807) is 24.3 Å². The van der Waals surface area contributed by atoms with E-state index in [0.717, 1.165) is 24.3 Å². The molecule has 3 heterocycles. The van der Waals surface area contributed by atoms with E-state index >= 15 is 0 Å². The van der Waals surface area contributed by atoms with Crippen LogP contribution in [0.5, 0.6) is 0 Å². The van der Waals surface area contributed by atoms with E-state index in [9.17, 15) is 9.59 Å². The fourth-order valence-electron chi connectivity index (χ4n) is 3.37. The van der Waals surface area contributed by atoms with Crippen LogP contribution in [0.15, 0.2) is 36.4 Å². The molecular formula is C19H18N5O2. The number of likely N-dealkylation sites (tertiary alicyclic amines) is 1. The Morgan fingerprint density at radius 1 is 1.12 bits per heavy atom. The molecule has 1 aromatic carbocycles. The van der Waals surface area contributed by atoms with E-state index < -0.39 is 5.91 Å². The van der Waals surface area contributed by atoms with Crippen LogP contribution < -0.4 is 5.73 Å². The largest absolute Gasteiger partial charge is 0.365 e. The summed E-state index contributed by atoms with van der Waals surface area (Å²) in [6.45, 7) is 5.85. The second-order valence-electron chi connectivity index (χ2n) is 7.35. The third kappa shape index (κ3) is 2.61. The monoisotopic (exact) mass is 348 g/mol. The molecule has 1 aliphatic heterocycles. The molecule has 0 spiro atoms. The molecule has 2 N–H and O–H groups in total. The quantitative estimate of drug-likeness (QED) is 0.781. The average Bonchev–Trinajstić information content (AvgIpc) is 3.07. The molecule has 0 aliphatic carbocycles. The minimum absolute atomic E-state index is 0.0409. The van der Waals surface area contributed by atoms with E-state index in [4.69, 9.17) is 5.73 Å². The number of hydrogen-bond acceptors (Lipinski definition) is 4. The van der Waals surface area contributed by atoms with Crippen LogP contribution in [0.3, 0.4) is 0 Å². The first-order chi connectivity index (χ1) is 12.4. The van der Waals surface area contributed by atoms with Crippen molar-refractivity contribution in [3.05, 3.63) is 53.9 Å². The van der Waals surface area contributed by atoms with Gasteiger partial charge < -0.3 is 10.6 Å². The summed E-state index contributed by atoms with van der Waals surface area (Å²) >= 11 is 0. The second-order valence-corrected chi connectivity index (χ2v) is 7.35. The fraction of sp³-hybridized carbons (Fsp3) is 0.263. The summed E-state index contributed by atoms with van der Waals surface area (Å²) in [4.78, 5) is 29.8. The van der Waals surface area contributed by atoms with E-state index in [-0.39, 0.29) is 16.9 Å². The summed E-state index contributed by atoms with van der Waals surface area (Å²) in [5.74, 6) is -0.527. The lowest BCUT2D eigenvalue weighted by molar-refractivity contribution is 0.0236. The summed E-state index contributed by atoms with van der Waals surface area (Å²) in [7, 11) is 0. The minimum atomic E-state index is -0.568. The minimum Gasteiger partial charge on any atom is -0.365 e. The lowest BCUT2D eigenvalue weighted by atomic mass is 9.84. The summed E-state index contributed by atoms with van der Waals surface area (Å²) in [6, 6.07) is 10.7. The van der Waals surface area contributed by atoms with Gasteiger partial charge in [-0.2, -0.15) is 0 Å². The van der Waals surface area contributed by atoms with Crippen molar-refractivity contribution in [2.45, 2.75) is 13.8 Å². The molecule has 0 atom stereocenters. The second kappa shape index (κ2) is 5.66. The Hall–Kier alpha value is -3.22. The van der Waals surface area contributed by atoms with E-state index in [0.29, 0.717) is 11.2 Å². The zero-order valence-corrected chi connectivity index (χ0v) is 14.6. The number of amides is 2. The van der Waals surface area contributed by atoms with Gasteiger partial charge in [-0.05, 0) is 29.7 Å². The molecule has 0 bridgehead atoms. The van der Waals surface area contributed by atoms with E-state index in [1.165, 1.54) is 4.52 Å². The van der Waals surface area contributed by atoms with Gasteiger partial charge in [-0.1, -0.05) is 26.0 Å². The molecular weight excluding hydrogens is 330 g/mol. The number of benzene rings is 1. The molecule has 7 heteroatoms. The zero-order chi connectivity index (χ0) is 18.5. The number of pyridine rings is 1. The number of carbonyl (C=O) groups is 2. The van der Waals surface area contributed by atoms with Crippen molar-refractivity contribution < 1.29 is 9.59 Å². The molecule has 1 aliphatic rings. The summed E-state index contributed by atoms with van der Waals surface area (Å²) in [5, 5.41) is 4.06. The van der Waals surface area contributed by atoms with Gasteiger partial charge in [0, 0.05) is 24.2 Å². The molecule has 1 saturated heterocycles. The number of primary amides is 1. The van der Waals surface area contributed by atoms with Crippen molar-refractivity contribution in [2.24, 2.45) is 11.1 Å². The first-order valence-electron chi connectivity index (χ1n) is 8.31. The van der Waals surface area contributed by atoms with Crippen molar-refractivity contribution in [1.82, 2.24) is 19.5 Å². The number of nitrogens with zero attached hydrogens (tertiary/aromatic N) is 4. The van der Waals surface area contributed by atoms with E-state index in [1.807, 2.05) is 17.0 Å². The van der Waals surface area contributed by atoms with Crippen LogP contribution in [-0.2, 0) is 0 Å². The Bertz CT molecular complexity index is 1010. The molecule has 4 rings (SSSR count). The maximum absolute atomic E-state index is 12.5. The van der Waals surface area contributed by atoms with Gasteiger partial charge in [0.15, 0.2) is 5.65 Å². The lowest BCUT2D eigenvalue weighted by Gasteiger charge is -2.45. The van der Waals surface area contributed by atoms with Crippen LogP contribution in [0.25, 0.3) is 16.9 Å². The Morgan fingerprint density at radius 2 is 1.81 bits per heavy atom. The third-order valence-corrected chi connectivity index (χ3v) is 4.60. The van der Waals surface area contributed by atoms with Crippen LogP contribution in [0, 0.1) is 11.7 Å². The van der Waals surface area contributed by atoms with Gasteiger partial charge in [0.2, 0.25) is 6.33 Å². The highest BCUT2D eigenvalue weighted by atomic mass is 16.2. The smallest absolute Gasteiger partial charge is 0.253 e. The van der Waals surface area contributed by atoms with Crippen molar-refractivity contribution in [1.29, 1.82) is 0 Å². The van der Waals surface area contributed by atoms with Crippen molar-refractivity contribution in [3.8, 4) is 11.3 Å². The number of carbonyl (C=O) groups excluding carboxylic acids is 2. The molecule has 2 amide bonds. The Kier molecular flexibility index (Phi) is 3.54. The Labute approximate surface area is 150 Å². The summed E-state index contributed by atoms with van der Waals surface area (Å²) in [6.07, 6.45) is 2.50. The molecule has 0 saturated carbocycles. The van der Waals surface area contributed by atoms with Gasteiger partial charge in [0.05, 0.1) is 11.3 Å². The predicted octanol–water partition coefficient (Wildman–Crippen LogP) is 1.78. The lowest BCUT2D eigenvalue weighted by Crippen LogP contribution is -2.55. The van der Waals surface area contributed by atoms with Gasteiger partial charge in [-0.3, -0.25) is 9.59 Å². The van der Waals surface area contributed by atoms with Crippen LogP contribution in [0.2, 0.25) is 0 Å². The standard InChI is InChI=1S/C19H18N5O2/c1-19(2)9-23(10-19)18(26)13-5-3-12(4-6-13)15-8-7-14(16(20)25)17-21-11-22-24(15)17/h3-8H,9-10H2,1-2H3,(H2,20,25). The summed E-state index contributed by atoms with van der Waals surface area (Å²) < 4.78 is 1.52. The first kappa shape index (κ1) is 16.3. The van der Waals surface area contributed by atoms with E-state index in [2.05, 4.69) is 30.3 Å². The normalized spacial score (nSPS) is 15.7. The van der Waals surface area contributed by atoms with Gasteiger partial charge in [0.1, 0.15) is 0 Å². The van der Waals surface area contributed by atoms with Crippen LogP contribution in [0.1, 0.15) is 34.6 Å². The SMILES string of the molecule is CC1(C)CN(C(=O)c2ccc(-c3ccc(C(N)=O)c4n[c]nn34)cc2)C1. The number of nitrogens with two attached hydrogens (primary N) is 1. The molecule has 131 valence electrons. The van der Waals surface area contributed by atoms with Crippen molar-refractivity contribution in [2.75, 3.05) is 13.1 Å². The topological polar surface area (TPSA) is 93.6 Å². The highest BCUT2D eigenvalue weighted by molar-refractivity contribution is 5.99. The maximum atomic E-state index is 12.5. The van der Waals surface area contributed by atoms with Gasteiger partial charge in [-0.15, -0.1) is 5.10 Å². The van der Waals surface area contributed by atoms with Crippen molar-refractivity contribution in [3.63, 3.8) is 0 Å². The molecule has 1 radical (unpaired) electrons. The van der Waals surface area contributed by atoms with Crippen molar-refractivity contribution >= 4 is 17.5 Å². The Balaban J connectivity index is 1.65. The van der Waals surface area contributed by atoms with Gasteiger partial charge in [0.25, 0.3) is 11.8 Å². The Morgan fingerprint density at radius 3 is 2.42 bits per heavy atom. The number of rotatable bonds is 3. The molecule has 0 unspecified atom stereocenters. The molecule has 26 heavy (non-hydrogen) atoms. The van der Waals surface area contributed by atoms with Crippen LogP contribution in [-0.4, -0.2) is 44.4 Å². The summed E-state index contributed by atoms with van der Waals surface area (Å²) in [5.41, 5.74) is 8.46. The highest BCUT2D eigenvalue weighted by Gasteiger charge is 2.37. The average molecular weight is 348 g/mol. The van der Waals surface area contributed by atoms with Crippen LogP contribution >= 0.6 is 0 Å². The van der Waals surface area contributed by atoms with Gasteiger partial charge in [-0.25, -0.2) is 9.50 Å². The third-order valence-electron chi connectivity index (χ3n) is 4.60. The maximum Gasteiger partial charge on any atom is 0.253 e. The number of aromatic nitrogens is 3. The molecule has 3 aromatic rings. The molecule has 7 nitrogen and oxygen atoms in total. The van der Waals surface area contributed by atoms with Gasteiger partial charge >= 0.3 is 0 Å². The molecule has 2 aromatic heterocycles.